The molecule has 0 bridgehead atoms. The van der Waals surface area contributed by atoms with Gasteiger partial charge in [0.25, 0.3) is 0 Å². The molecule has 0 saturated carbocycles. The van der Waals surface area contributed by atoms with Gasteiger partial charge in [0.15, 0.2) is 0 Å². The van der Waals surface area contributed by atoms with Crippen molar-refractivity contribution in [1.82, 2.24) is 0 Å². The highest BCUT2D eigenvalue weighted by Gasteiger charge is 2.00. The Morgan fingerprint density at radius 2 is 1.74 bits per heavy atom. The molecular weight excluding hydrogens is 238 g/mol. The maximum atomic E-state index is 10.8. The van der Waals surface area contributed by atoms with Crippen LogP contribution >= 0.6 is 0 Å². The summed E-state index contributed by atoms with van der Waals surface area (Å²) in [5.74, 6) is 0.252. The molecule has 96 valence electrons. The summed E-state index contributed by atoms with van der Waals surface area (Å²) in [6, 6.07) is 17.4. The number of benzene rings is 2. The summed E-state index contributed by atoms with van der Waals surface area (Å²) in [7, 11) is 0. The Morgan fingerprint density at radius 3 is 2.47 bits per heavy atom. The highest BCUT2D eigenvalue weighted by atomic mass is 16.5. The van der Waals surface area contributed by atoms with Gasteiger partial charge in [0.2, 0.25) is 5.91 Å². The molecule has 2 aromatic rings. The van der Waals surface area contributed by atoms with E-state index in [0.29, 0.717) is 6.61 Å². The molecule has 0 fully saturated rings. The SMILES string of the molecule is NC(=O)C=Cc1ccccc1OCc1ccccc1. The fourth-order valence-electron chi connectivity index (χ4n) is 1.66. The molecule has 2 rings (SSSR count). The van der Waals surface area contributed by atoms with Gasteiger partial charge in [0.1, 0.15) is 12.4 Å². The number of hydrogen-bond donors (Lipinski definition) is 1. The van der Waals surface area contributed by atoms with E-state index in [2.05, 4.69) is 0 Å². The van der Waals surface area contributed by atoms with Crippen LogP contribution in [-0.4, -0.2) is 5.91 Å². The van der Waals surface area contributed by atoms with E-state index >= 15 is 0 Å². The monoisotopic (exact) mass is 253 g/mol. The van der Waals surface area contributed by atoms with Crippen LogP contribution in [0.15, 0.2) is 60.7 Å². The van der Waals surface area contributed by atoms with Crippen molar-refractivity contribution in [2.45, 2.75) is 6.61 Å². The predicted octanol–water partition coefficient (Wildman–Crippen LogP) is 2.76. The molecule has 19 heavy (non-hydrogen) atoms. The van der Waals surface area contributed by atoms with Gasteiger partial charge in [0.05, 0.1) is 0 Å². The standard InChI is InChI=1S/C16H15NO2/c17-16(18)11-10-14-8-4-5-9-15(14)19-12-13-6-2-1-3-7-13/h1-11H,12H2,(H2,17,18). The van der Waals surface area contributed by atoms with Gasteiger partial charge in [-0.2, -0.15) is 0 Å². The van der Waals surface area contributed by atoms with Gasteiger partial charge in [-0.15, -0.1) is 0 Å². The van der Waals surface area contributed by atoms with Gasteiger partial charge in [0, 0.05) is 11.6 Å². The largest absolute Gasteiger partial charge is 0.488 e. The number of ether oxygens (including phenoxy) is 1. The third kappa shape index (κ3) is 4.00. The minimum absolute atomic E-state index is 0.474. The number of primary amides is 1. The number of rotatable bonds is 5. The molecule has 2 N–H and O–H groups in total. The van der Waals surface area contributed by atoms with E-state index in [0.717, 1.165) is 16.9 Å². The van der Waals surface area contributed by atoms with Crippen molar-refractivity contribution < 1.29 is 9.53 Å². The fourth-order valence-corrected chi connectivity index (χ4v) is 1.66. The molecule has 0 spiro atoms. The number of para-hydroxylation sites is 1. The molecule has 0 saturated heterocycles. The van der Waals surface area contributed by atoms with Crippen LogP contribution in [0.4, 0.5) is 0 Å². The van der Waals surface area contributed by atoms with Crippen molar-refractivity contribution in [3.8, 4) is 5.75 Å². The first kappa shape index (κ1) is 12.9. The smallest absolute Gasteiger partial charge is 0.241 e. The lowest BCUT2D eigenvalue weighted by Crippen LogP contribution is -2.05. The summed E-state index contributed by atoms with van der Waals surface area (Å²) in [6.07, 6.45) is 2.98. The van der Waals surface area contributed by atoms with Gasteiger partial charge >= 0.3 is 0 Å². The zero-order valence-electron chi connectivity index (χ0n) is 10.5. The first-order valence-corrected chi connectivity index (χ1v) is 5.99. The van der Waals surface area contributed by atoms with Gasteiger partial charge in [-0.25, -0.2) is 0 Å². The first-order valence-electron chi connectivity index (χ1n) is 5.99. The van der Waals surface area contributed by atoms with Crippen molar-refractivity contribution in [1.29, 1.82) is 0 Å². The molecule has 3 heteroatoms. The van der Waals surface area contributed by atoms with Crippen LogP contribution in [0.3, 0.4) is 0 Å². The molecule has 2 aromatic carbocycles. The van der Waals surface area contributed by atoms with E-state index in [1.807, 2.05) is 54.6 Å². The lowest BCUT2D eigenvalue weighted by Gasteiger charge is -2.09. The highest BCUT2D eigenvalue weighted by molar-refractivity contribution is 5.90. The second-order valence-electron chi connectivity index (χ2n) is 4.05. The van der Waals surface area contributed by atoms with E-state index in [1.54, 1.807) is 6.08 Å². The van der Waals surface area contributed by atoms with Crippen molar-refractivity contribution in [3.63, 3.8) is 0 Å². The summed E-state index contributed by atoms with van der Waals surface area (Å²) in [4.78, 5) is 10.8. The maximum Gasteiger partial charge on any atom is 0.241 e. The maximum absolute atomic E-state index is 10.8. The second kappa shape index (κ2) is 6.40. The molecule has 0 aromatic heterocycles. The Morgan fingerprint density at radius 1 is 1.05 bits per heavy atom. The lowest BCUT2D eigenvalue weighted by atomic mass is 10.2. The van der Waals surface area contributed by atoms with Gasteiger partial charge < -0.3 is 10.5 Å². The molecule has 0 heterocycles. The topological polar surface area (TPSA) is 52.3 Å². The molecular formula is C16H15NO2. The normalized spacial score (nSPS) is 10.5. The Kier molecular flexibility index (Phi) is 4.34. The highest BCUT2D eigenvalue weighted by Crippen LogP contribution is 2.20. The molecule has 0 aliphatic heterocycles. The summed E-state index contributed by atoms with van der Waals surface area (Å²) < 4.78 is 5.75. The average Bonchev–Trinajstić information content (AvgIpc) is 2.45. The molecule has 3 nitrogen and oxygen atoms in total. The molecule has 0 aliphatic rings. The van der Waals surface area contributed by atoms with E-state index in [1.165, 1.54) is 6.08 Å². The Hall–Kier alpha value is -2.55. The van der Waals surface area contributed by atoms with Gasteiger partial charge in [-0.1, -0.05) is 48.5 Å². The molecule has 1 amide bonds. The van der Waals surface area contributed by atoms with Crippen LogP contribution in [0.5, 0.6) is 5.75 Å². The summed E-state index contributed by atoms with van der Waals surface area (Å²) in [5.41, 5.74) is 7.01. The third-order valence-corrected chi connectivity index (χ3v) is 2.58. The lowest BCUT2D eigenvalue weighted by molar-refractivity contribution is -0.113. The number of nitrogens with two attached hydrogens (primary N) is 1. The minimum Gasteiger partial charge on any atom is -0.488 e. The van der Waals surface area contributed by atoms with Crippen LogP contribution in [0.2, 0.25) is 0 Å². The molecule has 0 unspecified atom stereocenters. The number of carbonyl (C=O) groups is 1. The quantitative estimate of drug-likeness (QED) is 0.833. The van der Waals surface area contributed by atoms with Crippen LogP contribution in [0, 0.1) is 0 Å². The minimum atomic E-state index is -0.474. The third-order valence-electron chi connectivity index (χ3n) is 2.58. The zero-order valence-corrected chi connectivity index (χ0v) is 10.5. The summed E-state index contributed by atoms with van der Waals surface area (Å²) >= 11 is 0. The average molecular weight is 253 g/mol. The fraction of sp³-hybridized carbons (Fsp3) is 0.0625. The van der Waals surface area contributed by atoms with E-state index in [9.17, 15) is 4.79 Å². The Balaban J connectivity index is 2.10. The Bertz CT molecular complexity index is 576. The predicted molar refractivity (Wildman–Crippen MR) is 75.4 cm³/mol. The van der Waals surface area contributed by atoms with Gasteiger partial charge in [-0.05, 0) is 17.7 Å². The van der Waals surface area contributed by atoms with E-state index < -0.39 is 5.91 Å². The number of amides is 1. The van der Waals surface area contributed by atoms with Gasteiger partial charge in [-0.3, -0.25) is 4.79 Å². The van der Waals surface area contributed by atoms with Crippen LogP contribution in [0.25, 0.3) is 6.08 Å². The van der Waals surface area contributed by atoms with E-state index in [4.69, 9.17) is 10.5 Å². The summed E-state index contributed by atoms with van der Waals surface area (Å²) in [6.45, 7) is 0.488. The summed E-state index contributed by atoms with van der Waals surface area (Å²) in [5, 5.41) is 0. The van der Waals surface area contributed by atoms with Crippen molar-refractivity contribution >= 4 is 12.0 Å². The molecule has 0 aliphatic carbocycles. The van der Waals surface area contributed by atoms with Crippen LogP contribution in [0.1, 0.15) is 11.1 Å². The van der Waals surface area contributed by atoms with E-state index in [-0.39, 0.29) is 0 Å². The second-order valence-corrected chi connectivity index (χ2v) is 4.05. The van der Waals surface area contributed by atoms with Crippen LogP contribution < -0.4 is 10.5 Å². The van der Waals surface area contributed by atoms with Crippen LogP contribution in [-0.2, 0) is 11.4 Å². The van der Waals surface area contributed by atoms with Crippen molar-refractivity contribution in [2.75, 3.05) is 0 Å². The molecule has 0 atom stereocenters. The first-order chi connectivity index (χ1) is 9.25. The van der Waals surface area contributed by atoms with Crippen molar-refractivity contribution in [2.24, 2.45) is 5.73 Å². The van der Waals surface area contributed by atoms with Crippen molar-refractivity contribution in [3.05, 3.63) is 71.8 Å². The number of carbonyl (C=O) groups excluding carboxylic acids is 1. The zero-order chi connectivity index (χ0) is 13.5. The Labute approximate surface area is 112 Å². The molecule has 0 radical (unpaired) electrons. The number of hydrogen-bond acceptors (Lipinski definition) is 2.